The lowest BCUT2D eigenvalue weighted by atomic mass is 10.2. The van der Waals surface area contributed by atoms with Gasteiger partial charge < -0.3 is 23.7 Å². The number of methoxy groups -OCH3 is 2. The fraction of sp³-hybridized carbons (Fsp3) is 0.227. The standard InChI is InChI=1S/C22H22N2O6S/c1-13(2)29-18-8-6-5-7-14(18)11-19(21(25)26)31-22-24-23-20(30-22)15-9-16(27-3)12-17(10-15)28-4/h5-13H,1-4H3,(H,25,26)/b19-11-. The number of carboxylic acid groups (broad SMARTS) is 1. The molecule has 0 saturated heterocycles. The molecule has 0 saturated carbocycles. The van der Waals surface area contributed by atoms with Crippen molar-refractivity contribution in [3.05, 3.63) is 52.9 Å². The van der Waals surface area contributed by atoms with E-state index >= 15 is 0 Å². The Kier molecular flexibility index (Phi) is 7.19. The molecular formula is C22H22N2O6S. The Bertz CT molecular complexity index is 1070. The van der Waals surface area contributed by atoms with Gasteiger partial charge in [0.1, 0.15) is 22.2 Å². The number of benzene rings is 2. The average Bonchev–Trinajstić information content (AvgIpc) is 3.22. The number of hydrogen-bond acceptors (Lipinski definition) is 8. The van der Waals surface area contributed by atoms with E-state index in [0.717, 1.165) is 11.8 Å². The van der Waals surface area contributed by atoms with Crippen LogP contribution in [0, 0.1) is 0 Å². The van der Waals surface area contributed by atoms with E-state index in [4.69, 9.17) is 18.6 Å². The van der Waals surface area contributed by atoms with Crippen LogP contribution in [0.1, 0.15) is 19.4 Å². The number of rotatable bonds is 9. The zero-order valence-electron chi connectivity index (χ0n) is 17.5. The van der Waals surface area contributed by atoms with Gasteiger partial charge in [-0.15, -0.1) is 10.2 Å². The van der Waals surface area contributed by atoms with Gasteiger partial charge in [-0.3, -0.25) is 0 Å². The van der Waals surface area contributed by atoms with Crippen LogP contribution in [0.15, 0.2) is 57.0 Å². The highest BCUT2D eigenvalue weighted by molar-refractivity contribution is 8.03. The van der Waals surface area contributed by atoms with E-state index in [1.54, 1.807) is 44.6 Å². The first kappa shape index (κ1) is 22.2. The van der Waals surface area contributed by atoms with E-state index in [1.807, 2.05) is 26.0 Å². The lowest BCUT2D eigenvalue weighted by Crippen LogP contribution is -2.06. The van der Waals surface area contributed by atoms with Gasteiger partial charge in [0.25, 0.3) is 5.22 Å². The topological polar surface area (TPSA) is 104 Å². The molecule has 1 aromatic heterocycles. The summed E-state index contributed by atoms with van der Waals surface area (Å²) in [6, 6.07) is 12.4. The molecule has 31 heavy (non-hydrogen) atoms. The van der Waals surface area contributed by atoms with Crippen LogP contribution in [0.5, 0.6) is 17.2 Å². The molecule has 0 spiro atoms. The molecule has 0 aliphatic carbocycles. The van der Waals surface area contributed by atoms with Gasteiger partial charge in [-0.1, -0.05) is 18.2 Å². The number of ether oxygens (including phenoxy) is 3. The van der Waals surface area contributed by atoms with Crippen LogP contribution in [-0.4, -0.2) is 41.6 Å². The molecule has 1 heterocycles. The molecule has 0 atom stereocenters. The quantitative estimate of drug-likeness (QED) is 0.371. The summed E-state index contributed by atoms with van der Waals surface area (Å²) in [5.41, 5.74) is 1.23. The number of thioether (sulfide) groups is 1. The van der Waals surface area contributed by atoms with Crippen LogP contribution in [0.4, 0.5) is 0 Å². The number of carboxylic acids is 1. The first-order valence-corrected chi connectivity index (χ1v) is 10.2. The third-order valence-corrected chi connectivity index (χ3v) is 4.83. The van der Waals surface area contributed by atoms with Gasteiger partial charge in [-0.2, -0.15) is 0 Å². The molecule has 2 aromatic carbocycles. The van der Waals surface area contributed by atoms with E-state index in [2.05, 4.69) is 10.2 Å². The summed E-state index contributed by atoms with van der Waals surface area (Å²) in [7, 11) is 3.08. The first-order chi connectivity index (χ1) is 14.9. The lowest BCUT2D eigenvalue weighted by molar-refractivity contribution is -0.131. The van der Waals surface area contributed by atoms with Crippen molar-refractivity contribution in [1.82, 2.24) is 10.2 Å². The summed E-state index contributed by atoms with van der Waals surface area (Å²) in [4.78, 5) is 11.8. The molecule has 8 nitrogen and oxygen atoms in total. The highest BCUT2D eigenvalue weighted by Crippen LogP contribution is 2.34. The van der Waals surface area contributed by atoms with E-state index in [1.165, 1.54) is 6.08 Å². The number of aliphatic carboxylic acids is 1. The van der Waals surface area contributed by atoms with Gasteiger partial charge in [0.05, 0.1) is 20.3 Å². The van der Waals surface area contributed by atoms with Crippen LogP contribution in [0.3, 0.4) is 0 Å². The van der Waals surface area contributed by atoms with Gasteiger partial charge in [-0.05, 0) is 49.9 Å². The molecule has 9 heteroatoms. The third kappa shape index (κ3) is 5.79. The van der Waals surface area contributed by atoms with Crippen LogP contribution in [-0.2, 0) is 4.79 Å². The van der Waals surface area contributed by atoms with Gasteiger partial charge in [0.15, 0.2) is 0 Å². The van der Waals surface area contributed by atoms with Crippen molar-refractivity contribution < 1.29 is 28.5 Å². The molecular weight excluding hydrogens is 420 g/mol. The smallest absolute Gasteiger partial charge is 0.342 e. The predicted octanol–water partition coefficient (Wildman–Crippen LogP) is 4.76. The Hall–Kier alpha value is -3.46. The molecule has 162 valence electrons. The fourth-order valence-electron chi connectivity index (χ4n) is 2.63. The molecule has 0 unspecified atom stereocenters. The first-order valence-electron chi connectivity index (χ1n) is 9.35. The summed E-state index contributed by atoms with van der Waals surface area (Å²) in [6.07, 6.45) is 1.47. The van der Waals surface area contributed by atoms with Gasteiger partial charge >= 0.3 is 5.97 Å². The Morgan fingerprint density at radius 3 is 2.39 bits per heavy atom. The van der Waals surface area contributed by atoms with Crippen LogP contribution >= 0.6 is 11.8 Å². The third-order valence-electron chi connectivity index (χ3n) is 3.98. The summed E-state index contributed by atoms with van der Waals surface area (Å²) in [5, 5.41) is 17.8. The SMILES string of the molecule is COc1cc(OC)cc(-c2nnc(S/C(=C\c3ccccc3OC(C)C)C(=O)O)o2)c1. The molecule has 3 rings (SSSR count). The molecule has 0 amide bonds. The van der Waals surface area contributed by atoms with Crippen LogP contribution in [0.2, 0.25) is 0 Å². The molecule has 0 aliphatic heterocycles. The van der Waals surface area contributed by atoms with Gasteiger partial charge in [-0.25, -0.2) is 4.79 Å². The second-order valence-electron chi connectivity index (χ2n) is 6.59. The second kappa shape index (κ2) is 10.0. The Labute approximate surface area is 183 Å². The zero-order chi connectivity index (χ0) is 22.4. The minimum Gasteiger partial charge on any atom is -0.497 e. The predicted molar refractivity (Wildman–Crippen MR) is 117 cm³/mol. The molecule has 0 bridgehead atoms. The number of hydrogen-bond donors (Lipinski definition) is 1. The maximum atomic E-state index is 11.8. The van der Waals surface area contributed by atoms with E-state index in [0.29, 0.717) is 28.4 Å². The summed E-state index contributed by atoms with van der Waals surface area (Å²) >= 11 is 0.858. The maximum Gasteiger partial charge on any atom is 0.342 e. The van der Waals surface area contributed by atoms with Crippen molar-refractivity contribution in [3.8, 4) is 28.7 Å². The Balaban J connectivity index is 1.89. The fourth-order valence-corrected chi connectivity index (χ4v) is 3.29. The largest absolute Gasteiger partial charge is 0.497 e. The Morgan fingerprint density at radius 2 is 1.77 bits per heavy atom. The monoisotopic (exact) mass is 442 g/mol. The van der Waals surface area contributed by atoms with Gasteiger partial charge in [0, 0.05) is 17.2 Å². The highest BCUT2D eigenvalue weighted by atomic mass is 32.2. The van der Waals surface area contributed by atoms with Gasteiger partial charge in [0.2, 0.25) is 5.89 Å². The summed E-state index contributed by atoms with van der Waals surface area (Å²) in [5.74, 6) is 0.816. The van der Waals surface area contributed by atoms with Crippen molar-refractivity contribution in [1.29, 1.82) is 0 Å². The van der Waals surface area contributed by atoms with E-state index in [-0.39, 0.29) is 22.1 Å². The molecule has 1 N–H and O–H groups in total. The maximum absolute atomic E-state index is 11.8. The highest BCUT2D eigenvalue weighted by Gasteiger charge is 2.18. The zero-order valence-corrected chi connectivity index (χ0v) is 18.3. The summed E-state index contributed by atoms with van der Waals surface area (Å²) in [6.45, 7) is 3.81. The summed E-state index contributed by atoms with van der Waals surface area (Å²) < 4.78 is 21.9. The molecule has 3 aromatic rings. The molecule has 0 fully saturated rings. The number of nitrogens with zero attached hydrogens (tertiary/aromatic N) is 2. The number of carbonyl (C=O) groups is 1. The molecule has 0 aliphatic rings. The van der Waals surface area contributed by atoms with Crippen molar-refractivity contribution in [2.45, 2.75) is 25.2 Å². The van der Waals surface area contributed by atoms with Crippen molar-refractivity contribution in [3.63, 3.8) is 0 Å². The van der Waals surface area contributed by atoms with E-state index < -0.39 is 5.97 Å². The minimum atomic E-state index is -1.12. The second-order valence-corrected chi connectivity index (χ2v) is 7.59. The Morgan fingerprint density at radius 1 is 1.10 bits per heavy atom. The van der Waals surface area contributed by atoms with Crippen LogP contribution in [0.25, 0.3) is 17.5 Å². The van der Waals surface area contributed by atoms with Crippen molar-refractivity contribution in [2.75, 3.05) is 14.2 Å². The van der Waals surface area contributed by atoms with E-state index in [9.17, 15) is 9.90 Å². The lowest BCUT2D eigenvalue weighted by Gasteiger charge is -2.12. The number of para-hydroxylation sites is 1. The number of aromatic nitrogens is 2. The van der Waals surface area contributed by atoms with Crippen molar-refractivity contribution >= 4 is 23.8 Å². The van der Waals surface area contributed by atoms with Crippen molar-refractivity contribution in [2.24, 2.45) is 0 Å². The average molecular weight is 442 g/mol. The van der Waals surface area contributed by atoms with Crippen LogP contribution < -0.4 is 14.2 Å². The minimum absolute atomic E-state index is 0.0122. The molecule has 0 radical (unpaired) electrons. The normalized spacial score (nSPS) is 11.5.